The highest BCUT2D eigenvalue weighted by molar-refractivity contribution is 7.91. The number of sulfone groups is 1. The summed E-state index contributed by atoms with van der Waals surface area (Å²) in [6.45, 7) is 5.58. The molecule has 0 radical (unpaired) electrons. The minimum atomic E-state index is -3.19. The molecule has 0 amide bonds. The summed E-state index contributed by atoms with van der Waals surface area (Å²) in [7, 11) is -3.19. The van der Waals surface area contributed by atoms with Crippen molar-refractivity contribution in [1.82, 2.24) is 4.90 Å². The van der Waals surface area contributed by atoms with E-state index in [4.69, 9.17) is 0 Å². The van der Waals surface area contributed by atoms with Crippen LogP contribution in [0.5, 0.6) is 0 Å². The standard InChI is InChI=1S/C17H27NO3S/c1-14-6-8-17(9-7-14)22(20,21)12-4-11-18-10-3-5-16(18)13-15(2)19/h6-9,15-16,19H,3-5,10-13H2,1-2H3. The van der Waals surface area contributed by atoms with Gasteiger partial charge in [0.05, 0.1) is 16.8 Å². The van der Waals surface area contributed by atoms with E-state index in [1.54, 1.807) is 12.1 Å². The highest BCUT2D eigenvalue weighted by Gasteiger charge is 2.25. The van der Waals surface area contributed by atoms with E-state index in [1.807, 2.05) is 26.0 Å². The number of nitrogens with zero attached hydrogens (tertiary/aromatic N) is 1. The van der Waals surface area contributed by atoms with Gasteiger partial charge in [0.1, 0.15) is 0 Å². The number of hydrogen-bond donors (Lipinski definition) is 1. The smallest absolute Gasteiger partial charge is 0.178 e. The van der Waals surface area contributed by atoms with Crippen LogP contribution in [0, 0.1) is 6.92 Å². The molecule has 22 heavy (non-hydrogen) atoms. The first kappa shape index (κ1) is 17.4. The van der Waals surface area contributed by atoms with Gasteiger partial charge >= 0.3 is 0 Å². The van der Waals surface area contributed by atoms with E-state index in [2.05, 4.69) is 4.90 Å². The van der Waals surface area contributed by atoms with Crippen LogP contribution in [0.4, 0.5) is 0 Å². The predicted molar refractivity (Wildman–Crippen MR) is 88.7 cm³/mol. The Bertz CT molecular complexity index is 566. The first-order chi connectivity index (χ1) is 10.4. The Hall–Kier alpha value is -0.910. The van der Waals surface area contributed by atoms with Crippen molar-refractivity contribution in [3.05, 3.63) is 29.8 Å². The van der Waals surface area contributed by atoms with Crippen molar-refractivity contribution in [2.24, 2.45) is 0 Å². The molecule has 2 unspecified atom stereocenters. The number of aliphatic hydroxyl groups excluding tert-OH is 1. The van der Waals surface area contributed by atoms with Crippen molar-refractivity contribution in [3.8, 4) is 0 Å². The van der Waals surface area contributed by atoms with Gasteiger partial charge in [0.25, 0.3) is 0 Å². The minimum absolute atomic E-state index is 0.188. The molecule has 0 aliphatic carbocycles. The second-order valence-corrected chi connectivity index (χ2v) is 8.51. The van der Waals surface area contributed by atoms with Crippen molar-refractivity contribution in [1.29, 1.82) is 0 Å². The summed E-state index contributed by atoms with van der Waals surface area (Å²) >= 11 is 0. The zero-order valence-electron chi connectivity index (χ0n) is 13.5. The van der Waals surface area contributed by atoms with Crippen molar-refractivity contribution >= 4 is 9.84 Å². The van der Waals surface area contributed by atoms with Crippen LogP contribution in [0.2, 0.25) is 0 Å². The summed E-state index contributed by atoms with van der Waals surface area (Å²) in [5, 5.41) is 9.53. The molecule has 2 atom stereocenters. The van der Waals surface area contributed by atoms with E-state index >= 15 is 0 Å². The summed E-state index contributed by atoms with van der Waals surface area (Å²) in [6, 6.07) is 7.47. The second-order valence-electron chi connectivity index (χ2n) is 6.40. The summed E-state index contributed by atoms with van der Waals surface area (Å²) in [6.07, 6.45) is 3.39. The average Bonchev–Trinajstić information content (AvgIpc) is 2.85. The van der Waals surface area contributed by atoms with Crippen LogP contribution in [-0.2, 0) is 9.84 Å². The largest absolute Gasteiger partial charge is 0.393 e. The van der Waals surface area contributed by atoms with E-state index in [1.165, 1.54) is 0 Å². The maximum Gasteiger partial charge on any atom is 0.178 e. The van der Waals surface area contributed by atoms with Gasteiger partial charge < -0.3 is 10.0 Å². The molecule has 1 heterocycles. The Morgan fingerprint density at radius 1 is 1.32 bits per heavy atom. The third kappa shape index (κ3) is 4.80. The first-order valence-corrected chi connectivity index (χ1v) is 9.75. The van der Waals surface area contributed by atoms with Crippen LogP contribution < -0.4 is 0 Å². The maximum absolute atomic E-state index is 12.3. The molecule has 0 bridgehead atoms. The molecule has 0 spiro atoms. The Balaban J connectivity index is 1.86. The Labute approximate surface area is 134 Å². The van der Waals surface area contributed by atoms with E-state index in [9.17, 15) is 13.5 Å². The quantitative estimate of drug-likeness (QED) is 0.836. The lowest BCUT2D eigenvalue weighted by molar-refractivity contribution is 0.134. The molecule has 1 aromatic rings. The van der Waals surface area contributed by atoms with Gasteiger partial charge in [-0.3, -0.25) is 0 Å². The molecular formula is C17H27NO3S. The van der Waals surface area contributed by atoms with Crippen molar-refractivity contribution in [2.45, 2.75) is 56.6 Å². The summed E-state index contributed by atoms with van der Waals surface area (Å²) in [4.78, 5) is 2.75. The monoisotopic (exact) mass is 325 g/mol. The van der Waals surface area contributed by atoms with Gasteiger partial charge in [-0.1, -0.05) is 17.7 Å². The summed E-state index contributed by atoms with van der Waals surface area (Å²) < 4.78 is 24.6. The molecule has 0 saturated carbocycles. The molecule has 0 aromatic heterocycles. The first-order valence-electron chi connectivity index (χ1n) is 8.10. The van der Waals surface area contributed by atoms with Gasteiger partial charge in [-0.15, -0.1) is 0 Å². The fourth-order valence-electron chi connectivity index (χ4n) is 3.17. The molecule has 1 aliphatic rings. The van der Waals surface area contributed by atoms with Gasteiger partial charge in [0.2, 0.25) is 0 Å². The topological polar surface area (TPSA) is 57.6 Å². The highest BCUT2D eigenvalue weighted by Crippen LogP contribution is 2.22. The van der Waals surface area contributed by atoms with E-state index in [0.717, 1.165) is 37.9 Å². The van der Waals surface area contributed by atoms with Gasteiger partial charge in [0, 0.05) is 6.04 Å². The number of aryl methyl sites for hydroxylation is 1. The molecule has 1 fully saturated rings. The minimum Gasteiger partial charge on any atom is -0.393 e. The average molecular weight is 325 g/mol. The van der Waals surface area contributed by atoms with Crippen LogP contribution in [0.15, 0.2) is 29.2 Å². The number of aliphatic hydroxyl groups is 1. The van der Waals surface area contributed by atoms with Crippen LogP contribution >= 0.6 is 0 Å². The molecule has 1 aromatic carbocycles. The van der Waals surface area contributed by atoms with E-state index < -0.39 is 9.84 Å². The van der Waals surface area contributed by atoms with Crippen LogP contribution in [0.3, 0.4) is 0 Å². The van der Waals surface area contributed by atoms with E-state index in [0.29, 0.717) is 17.4 Å². The molecule has 2 rings (SSSR count). The van der Waals surface area contributed by atoms with Gasteiger partial charge in [-0.05, 0) is 64.8 Å². The number of benzene rings is 1. The lowest BCUT2D eigenvalue weighted by Gasteiger charge is -2.25. The molecule has 1 N–H and O–H groups in total. The number of hydrogen-bond acceptors (Lipinski definition) is 4. The maximum atomic E-state index is 12.3. The number of rotatable bonds is 7. The predicted octanol–water partition coefficient (Wildman–Crippen LogP) is 2.39. The van der Waals surface area contributed by atoms with Crippen molar-refractivity contribution in [2.75, 3.05) is 18.8 Å². The van der Waals surface area contributed by atoms with Gasteiger partial charge in [0.15, 0.2) is 9.84 Å². The zero-order chi connectivity index (χ0) is 16.2. The lowest BCUT2D eigenvalue weighted by Crippen LogP contribution is -2.33. The normalized spacial score (nSPS) is 21.1. The third-order valence-corrected chi connectivity index (χ3v) is 6.17. The SMILES string of the molecule is Cc1ccc(S(=O)(=O)CCCN2CCCC2CC(C)O)cc1. The van der Waals surface area contributed by atoms with Crippen LogP contribution in [-0.4, -0.2) is 49.4 Å². The fourth-order valence-corrected chi connectivity index (χ4v) is 4.47. The Morgan fingerprint density at radius 2 is 2.00 bits per heavy atom. The fraction of sp³-hybridized carbons (Fsp3) is 0.647. The second kappa shape index (κ2) is 7.57. The van der Waals surface area contributed by atoms with E-state index in [-0.39, 0.29) is 11.9 Å². The lowest BCUT2D eigenvalue weighted by atomic mass is 10.1. The Kier molecular flexibility index (Phi) is 6.01. The van der Waals surface area contributed by atoms with Gasteiger partial charge in [-0.2, -0.15) is 0 Å². The van der Waals surface area contributed by atoms with Crippen LogP contribution in [0.1, 0.15) is 38.2 Å². The molecule has 1 aliphatic heterocycles. The van der Waals surface area contributed by atoms with Crippen molar-refractivity contribution < 1.29 is 13.5 Å². The van der Waals surface area contributed by atoms with Gasteiger partial charge in [-0.25, -0.2) is 8.42 Å². The van der Waals surface area contributed by atoms with Crippen molar-refractivity contribution in [3.63, 3.8) is 0 Å². The zero-order valence-corrected chi connectivity index (χ0v) is 14.3. The molecule has 124 valence electrons. The molecule has 1 saturated heterocycles. The third-order valence-electron chi connectivity index (χ3n) is 4.35. The molecule has 5 heteroatoms. The summed E-state index contributed by atoms with van der Waals surface area (Å²) in [5.41, 5.74) is 1.07. The number of likely N-dealkylation sites (tertiary alicyclic amines) is 1. The summed E-state index contributed by atoms with van der Waals surface area (Å²) in [5.74, 6) is 0.188. The van der Waals surface area contributed by atoms with Crippen LogP contribution in [0.25, 0.3) is 0 Å². The Morgan fingerprint density at radius 3 is 2.64 bits per heavy atom. The molecular weight excluding hydrogens is 298 g/mol. The molecule has 4 nitrogen and oxygen atoms in total. The highest BCUT2D eigenvalue weighted by atomic mass is 32.2.